The minimum atomic E-state index is -1.73. The van der Waals surface area contributed by atoms with E-state index >= 15 is 0 Å². The van der Waals surface area contributed by atoms with Crippen LogP contribution in [0.15, 0.2) is 29.8 Å². The zero-order valence-corrected chi connectivity index (χ0v) is 18.3. The van der Waals surface area contributed by atoms with Gasteiger partial charge < -0.3 is 19.8 Å². The molecule has 1 aliphatic heterocycles. The molecular weight excluding hydrogens is 390 g/mol. The first-order chi connectivity index (χ1) is 14.8. The van der Waals surface area contributed by atoms with Gasteiger partial charge in [-0.1, -0.05) is 12.1 Å². The van der Waals surface area contributed by atoms with Gasteiger partial charge in [0.1, 0.15) is 5.92 Å². The number of nitriles is 3. The van der Waals surface area contributed by atoms with Gasteiger partial charge in [-0.15, -0.1) is 0 Å². The van der Waals surface area contributed by atoms with Gasteiger partial charge in [-0.2, -0.15) is 15.8 Å². The van der Waals surface area contributed by atoms with Crippen molar-refractivity contribution in [3.8, 4) is 29.7 Å². The second-order valence-electron chi connectivity index (χ2n) is 8.32. The van der Waals surface area contributed by atoms with Crippen molar-refractivity contribution >= 4 is 5.71 Å². The Balaban J connectivity index is 2.22. The van der Waals surface area contributed by atoms with E-state index in [4.69, 9.17) is 14.9 Å². The molecule has 1 heterocycles. The fourth-order valence-corrected chi connectivity index (χ4v) is 4.67. The minimum Gasteiger partial charge on any atom is -0.490 e. The van der Waals surface area contributed by atoms with Crippen LogP contribution >= 0.6 is 0 Å². The second kappa shape index (κ2) is 8.80. The maximum atomic E-state index is 10.1. The van der Waals surface area contributed by atoms with E-state index < -0.39 is 17.3 Å². The molecule has 1 fully saturated rings. The molecule has 0 amide bonds. The van der Waals surface area contributed by atoms with E-state index in [0.29, 0.717) is 31.2 Å². The first-order valence-electron chi connectivity index (χ1n) is 10.5. The standard InChI is InChI=1S/C24H27N5O2/c1-5-30-21-10-16(6-7-20(21)31-15(2)3)22-19-12-29(4)9-8-17(19)18(11-25)23(28)24(22,13-26)14-27/h6-8,10,15,18-19,22,28H,5,9,12H2,1-4H3/t18-,19+,22+/m0/s1. The Bertz CT molecular complexity index is 1010. The van der Waals surface area contributed by atoms with Gasteiger partial charge in [0.05, 0.1) is 36.6 Å². The van der Waals surface area contributed by atoms with Crippen LogP contribution in [0.4, 0.5) is 0 Å². The van der Waals surface area contributed by atoms with Gasteiger partial charge in [0.25, 0.3) is 0 Å². The van der Waals surface area contributed by atoms with Crippen LogP contribution < -0.4 is 9.47 Å². The van der Waals surface area contributed by atoms with Crippen LogP contribution in [-0.2, 0) is 0 Å². The third-order valence-corrected chi connectivity index (χ3v) is 5.96. The summed E-state index contributed by atoms with van der Waals surface area (Å²) in [7, 11) is 1.97. The molecule has 3 atom stereocenters. The first kappa shape index (κ1) is 22.3. The molecule has 0 bridgehead atoms. The van der Waals surface area contributed by atoms with Crippen LogP contribution in [-0.4, -0.2) is 43.5 Å². The lowest BCUT2D eigenvalue weighted by atomic mass is 9.54. The van der Waals surface area contributed by atoms with E-state index in [2.05, 4.69) is 23.1 Å². The number of ether oxygens (including phenoxy) is 2. The summed E-state index contributed by atoms with van der Waals surface area (Å²) in [6.45, 7) is 7.45. The third kappa shape index (κ3) is 3.76. The van der Waals surface area contributed by atoms with Crippen molar-refractivity contribution in [2.24, 2.45) is 17.3 Å². The SMILES string of the molecule is CCOc1cc([C@@H]2[C@@H]3CN(C)CC=C3[C@H](C#N)C(=N)C2(C#N)C#N)ccc1OC(C)C. The monoisotopic (exact) mass is 417 g/mol. The maximum Gasteiger partial charge on any atom is 0.189 e. The summed E-state index contributed by atoms with van der Waals surface area (Å²) in [5, 5.41) is 38.8. The molecule has 0 aromatic heterocycles. The average molecular weight is 418 g/mol. The summed E-state index contributed by atoms with van der Waals surface area (Å²) in [6, 6.07) is 11.9. The Morgan fingerprint density at radius 2 is 1.94 bits per heavy atom. The van der Waals surface area contributed by atoms with E-state index in [1.165, 1.54) is 0 Å². The maximum absolute atomic E-state index is 10.1. The largest absolute Gasteiger partial charge is 0.490 e. The summed E-state index contributed by atoms with van der Waals surface area (Å²) in [4.78, 5) is 2.10. The van der Waals surface area contributed by atoms with E-state index in [1.54, 1.807) is 6.07 Å². The highest BCUT2D eigenvalue weighted by Gasteiger charge is 2.57. The molecule has 7 nitrogen and oxygen atoms in total. The lowest BCUT2D eigenvalue weighted by Crippen LogP contribution is -2.52. The molecule has 0 saturated heterocycles. The van der Waals surface area contributed by atoms with Gasteiger partial charge in [-0.05, 0) is 51.1 Å². The van der Waals surface area contributed by atoms with Crippen molar-refractivity contribution in [1.29, 1.82) is 21.2 Å². The van der Waals surface area contributed by atoms with Crippen LogP contribution in [0.1, 0.15) is 32.3 Å². The van der Waals surface area contributed by atoms with Crippen LogP contribution in [0.5, 0.6) is 11.5 Å². The van der Waals surface area contributed by atoms with Crippen LogP contribution in [0.2, 0.25) is 0 Å². The van der Waals surface area contributed by atoms with Crippen molar-refractivity contribution in [2.75, 3.05) is 26.7 Å². The van der Waals surface area contributed by atoms with Crippen molar-refractivity contribution in [2.45, 2.75) is 32.8 Å². The van der Waals surface area contributed by atoms with E-state index in [1.807, 2.05) is 46.0 Å². The zero-order chi connectivity index (χ0) is 22.8. The predicted octanol–water partition coefficient (Wildman–Crippen LogP) is 3.65. The van der Waals surface area contributed by atoms with Gasteiger partial charge in [-0.25, -0.2) is 0 Å². The lowest BCUT2D eigenvalue weighted by Gasteiger charge is -2.47. The number of fused-ring (bicyclic) bond motifs is 1. The quantitative estimate of drug-likeness (QED) is 0.731. The second-order valence-corrected chi connectivity index (χ2v) is 8.32. The van der Waals surface area contributed by atoms with E-state index in [0.717, 1.165) is 11.1 Å². The molecule has 1 saturated carbocycles. The number of hydrogen-bond donors (Lipinski definition) is 1. The van der Waals surface area contributed by atoms with E-state index in [-0.39, 0.29) is 17.7 Å². The number of nitrogens with zero attached hydrogens (tertiary/aromatic N) is 4. The third-order valence-electron chi connectivity index (χ3n) is 5.96. The topological polar surface area (TPSA) is 117 Å². The molecule has 1 aromatic rings. The molecule has 1 aliphatic carbocycles. The molecule has 160 valence electrons. The fraction of sp³-hybridized carbons (Fsp3) is 0.500. The summed E-state index contributed by atoms with van der Waals surface area (Å²) >= 11 is 0. The zero-order valence-electron chi connectivity index (χ0n) is 18.3. The summed E-state index contributed by atoms with van der Waals surface area (Å²) < 4.78 is 11.7. The molecule has 1 aromatic carbocycles. The number of likely N-dealkylation sites (N-methyl/N-ethyl adjacent to an activating group) is 1. The number of benzene rings is 1. The summed E-state index contributed by atoms with van der Waals surface area (Å²) in [5.41, 5.74) is -0.311. The number of nitrogens with one attached hydrogen (secondary N) is 1. The minimum absolute atomic E-state index is 0.0388. The Morgan fingerprint density at radius 3 is 2.52 bits per heavy atom. The van der Waals surface area contributed by atoms with Crippen molar-refractivity contribution < 1.29 is 9.47 Å². The highest BCUT2D eigenvalue weighted by atomic mass is 16.5. The number of rotatable bonds is 5. The van der Waals surface area contributed by atoms with Crippen LogP contribution in [0.25, 0.3) is 0 Å². The lowest BCUT2D eigenvalue weighted by molar-refractivity contribution is 0.221. The Kier molecular flexibility index (Phi) is 6.34. The smallest absolute Gasteiger partial charge is 0.189 e. The molecule has 0 spiro atoms. The predicted molar refractivity (Wildman–Crippen MR) is 116 cm³/mol. The summed E-state index contributed by atoms with van der Waals surface area (Å²) in [5.74, 6) is -0.548. The average Bonchev–Trinajstić information content (AvgIpc) is 2.74. The van der Waals surface area contributed by atoms with Gasteiger partial charge in [0.2, 0.25) is 0 Å². The van der Waals surface area contributed by atoms with Gasteiger partial charge in [0.15, 0.2) is 16.9 Å². The first-order valence-corrected chi connectivity index (χ1v) is 10.5. The molecule has 7 heteroatoms. The fourth-order valence-electron chi connectivity index (χ4n) is 4.67. The van der Waals surface area contributed by atoms with Gasteiger partial charge in [-0.3, -0.25) is 0 Å². The van der Waals surface area contributed by atoms with Crippen molar-refractivity contribution in [3.63, 3.8) is 0 Å². The van der Waals surface area contributed by atoms with Crippen molar-refractivity contribution in [1.82, 2.24) is 4.90 Å². The Morgan fingerprint density at radius 1 is 1.23 bits per heavy atom. The molecule has 0 unspecified atom stereocenters. The Hall–Kier alpha value is -3.34. The van der Waals surface area contributed by atoms with Crippen molar-refractivity contribution in [3.05, 3.63) is 35.4 Å². The molecule has 31 heavy (non-hydrogen) atoms. The Labute approximate surface area is 183 Å². The normalized spacial score (nSPS) is 24.9. The molecule has 0 radical (unpaired) electrons. The van der Waals surface area contributed by atoms with Crippen LogP contribution in [0.3, 0.4) is 0 Å². The van der Waals surface area contributed by atoms with E-state index in [9.17, 15) is 15.8 Å². The molecule has 2 aliphatic rings. The van der Waals surface area contributed by atoms with Gasteiger partial charge in [0, 0.05) is 24.9 Å². The summed E-state index contributed by atoms with van der Waals surface area (Å²) in [6.07, 6.45) is 1.94. The van der Waals surface area contributed by atoms with Crippen LogP contribution in [0, 0.1) is 56.7 Å². The highest BCUT2D eigenvalue weighted by Crippen LogP contribution is 2.54. The number of hydrogen-bond acceptors (Lipinski definition) is 7. The highest BCUT2D eigenvalue weighted by molar-refractivity contribution is 6.00. The molecular formula is C24H27N5O2. The molecule has 1 N–H and O–H groups in total. The van der Waals surface area contributed by atoms with Gasteiger partial charge >= 0.3 is 0 Å². The molecule has 3 rings (SSSR count).